The molecule has 0 radical (unpaired) electrons. The lowest BCUT2D eigenvalue weighted by molar-refractivity contribution is -0.174. The number of carbonyl (C=O) groups excluding carboxylic acids is 2. The number of hydrogen-bond acceptors (Lipinski definition) is 5. The van der Waals surface area contributed by atoms with Crippen LogP contribution in [0, 0.1) is 5.92 Å². The third kappa shape index (κ3) is 4.45. The number of fused-ring (bicyclic) bond motifs is 1. The largest absolute Gasteiger partial charge is 0.471 e. The second-order valence-electron chi connectivity index (χ2n) is 6.61. The average Bonchev–Trinajstić information content (AvgIpc) is 3.13. The van der Waals surface area contributed by atoms with Gasteiger partial charge in [-0.3, -0.25) is 9.59 Å². The van der Waals surface area contributed by atoms with E-state index in [0.29, 0.717) is 4.88 Å². The molecule has 0 bridgehead atoms. The maximum Gasteiger partial charge on any atom is 0.471 e. The van der Waals surface area contributed by atoms with Crippen LogP contribution in [0.2, 0.25) is 0 Å². The van der Waals surface area contributed by atoms with Crippen LogP contribution in [-0.4, -0.2) is 38.5 Å². The van der Waals surface area contributed by atoms with Crippen molar-refractivity contribution in [2.24, 2.45) is 5.92 Å². The Hall–Kier alpha value is -1.20. The van der Waals surface area contributed by atoms with Crippen molar-refractivity contribution in [3.8, 4) is 0 Å². The van der Waals surface area contributed by atoms with E-state index in [1.54, 1.807) is 0 Å². The third-order valence-corrected chi connectivity index (χ3v) is 7.44. The topological polar surface area (TPSA) is 80.3 Å². The zero-order valence-corrected chi connectivity index (χ0v) is 16.0. The van der Waals surface area contributed by atoms with Gasteiger partial charge in [-0.05, 0) is 31.2 Å². The van der Waals surface area contributed by atoms with Crippen LogP contribution < -0.4 is 5.32 Å². The molecule has 1 aromatic heterocycles. The predicted molar refractivity (Wildman–Crippen MR) is 89.1 cm³/mol. The highest BCUT2D eigenvalue weighted by Gasteiger charge is 2.44. The summed E-state index contributed by atoms with van der Waals surface area (Å²) in [6, 6.07) is -0.902. The van der Waals surface area contributed by atoms with E-state index in [2.05, 4.69) is 0 Å². The van der Waals surface area contributed by atoms with Gasteiger partial charge in [0, 0.05) is 32.9 Å². The lowest BCUT2D eigenvalue weighted by atomic mass is 9.93. The quantitative estimate of drug-likeness (QED) is 0.556. The molecular weight excluding hydrogens is 434 g/mol. The van der Waals surface area contributed by atoms with E-state index < -0.39 is 45.0 Å². The Morgan fingerprint density at radius 2 is 1.93 bits per heavy atom. The van der Waals surface area contributed by atoms with Crippen molar-refractivity contribution < 1.29 is 35.6 Å². The molecule has 1 saturated carbocycles. The number of carbonyl (C=O) groups is 2. The Labute approximate surface area is 160 Å². The zero-order chi connectivity index (χ0) is 20.1. The Bertz CT molecular complexity index is 896. The number of rotatable bonds is 5. The van der Waals surface area contributed by atoms with Gasteiger partial charge in [0.05, 0.1) is 5.92 Å². The summed E-state index contributed by atoms with van der Waals surface area (Å²) < 4.78 is 74.4. The summed E-state index contributed by atoms with van der Waals surface area (Å²) in [4.78, 5) is 23.7. The van der Waals surface area contributed by atoms with E-state index in [9.17, 15) is 35.6 Å². The molecule has 27 heavy (non-hydrogen) atoms. The van der Waals surface area contributed by atoms with Crippen molar-refractivity contribution >= 4 is 42.8 Å². The molecule has 0 saturated heterocycles. The van der Waals surface area contributed by atoms with Crippen molar-refractivity contribution in [3.05, 3.63) is 15.3 Å². The van der Waals surface area contributed by atoms with E-state index in [-0.39, 0.29) is 47.4 Å². The third-order valence-electron chi connectivity index (χ3n) is 4.58. The lowest BCUT2D eigenvalue weighted by Gasteiger charge is -2.24. The van der Waals surface area contributed by atoms with Gasteiger partial charge in [-0.1, -0.05) is 0 Å². The molecule has 12 heteroatoms. The molecule has 1 fully saturated rings. The number of amides is 1. The van der Waals surface area contributed by atoms with Crippen LogP contribution in [0.15, 0.2) is 4.90 Å². The first-order valence-electron chi connectivity index (χ1n) is 8.00. The SMILES string of the molecule is O=C(Cc1sc2c(c1S(=O)(=O)Cl)C[C@@H](NC(=O)C(F)(F)F)CC2)[C@H]1C[C@@H]1F. The Balaban J connectivity index is 1.86. The molecule has 0 aromatic carbocycles. The molecule has 1 amide bonds. The van der Waals surface area contributed by atoms with Gasteiger partial charge in [-0.25, -0.2) is 12.8 Å². The second-order valence-corrected chi connectivity index (χ2v) is 10.3. The highest BCUT2D eigenvalue weighted by atomic mass is 35.7. The van der Waals surface area contributed by atoms with Crippen LogP contribution in [0.1, 0.15) is 28.2 Å². The minimum Gasteiger partial charge on any atom is -0.345 e. The Morgan fingerprint density at radius 3 is 2.44 bits per heavy atom. The molecule has 3 atom stereocenters. The van der Waals surface area contributed by atoms with Crippen LogP contribution in [0.3, 0.4) is 0 Å². The molecule has 2 aliphatic carbocycles. The molecule has 150 valence electrons. The van der Waals surface area contributed by atoms with Gasteiger partial charge in [0.2, 0.25) is 0 Å². The fourth-order valence-electron chi connectivity index (χ4n) is 3.19. The zero-order valence-electron chi connectivity index (χ0n) is 13.6. The average molecular weight is 448 g/mol. The molecule has 1 N–H and O–H groups in total. The summed E-state index contributed by atoms with van der Waals surface area (Å²) in [6.07, 6.45) is -6.14. The smallest absolute Gasteiger partial charge is 0.345 e. The van der Waals surface area contributed by atoms with Crippen molar-refractivity contribution in [2.45, 2.75) is 55.4 Å². The van der Waals surface area contributed by atoms with Crippen molar-refractivity contribution in [3.63, 3.8) is 0 Å². The van der Waals surface area contributed by atoms with E-state index >= 15 is 0 Å². The number of alkyl halides is 4. The lowest BCUT2D eigenvalue weighted by Crippen LogP contribution is -2.45. The number of nitrogens with one attached hydrogen (secondary N) is 1. The summed E-state index contributed by atoms with van der Waals surface area (Å²) in [5, 5.41) is 1.85. The van der Waals surface area contributed by atoms with Gasteiger partial charge in [0.15, 0.2) is 0 Å². The molecule has 0 unspecified atom stereocenters. The number of aryl methyl sites for hydroxylation is 1. The molecule has 3 rings (SSSR count). The van der Waals surface area contributed by atoms with Gasteiger partial charge in [0.1, 0.15) is 16.9 Å². The van der Waals surface area contributed by atoms with E-state index in [1.807, 2.05) is 5.32 Å². The van der Waals surface area contributed by atoms with Crippen LogP contribution in [-0.2, 0) is 37.9 Å². The maximum absolute atomic E-state index is 13.1. The van der Waals surface area contributed by atoms with Crippen LogP contribution >= 0.6 is 22.0 Å². The molecule has 1 aromatic rings. The monoisotopic (exact) mass is 447 g/mol. The molecule has 0 aliphatic heterocycles. The number of hydrogen-bond donors (Lipinski definition) is 1. The molecule has 0 spiro atoms. The number of ketones is 1. The van der Waals surface area contributed by atoms with Gasteiger partial charge in [-0.15, -0.1) is 11.3 Å². The van der Waals surface area contributed by atoms with Crippen molar-refractivity contribution in [1.82, 2.24) is 5.32 Å². The van der Waals surface area contributed by atoms with Gasteiger partial charge in [-0.2, -0.15) is 13.2 Å². The fraction of sp³-hybridized carbons (Fsp3) is 0.600. The number of Topliss-reactive ketones (excluding diaryl/α,β-unsaturated/α-hetero) is 1. The summed E-state index contributed by atoms with van der Waals surface area (Å²) in [7, 11) is 1.23. The van der Waals surface area contributed by atoms with Gasteiger partial charge in [0.25, 0.3) is 9.05 Å². The van der Waals surface area contributed by atoms with Gasteiger partial charge >= 0.3 is 12.1 Å². The van der Waals surface area contributed by atoms with Crippen LogP contribution in [0.4, 0.5) is 17.6 Å². The molecule has 5 nitrogen and oxygen atoms in total. The maximum atomic E-state index is 13.1. The summed E-state index contributed by atoms with van der Waals surface area (Å²) in [5.41, 5.74) is 0.226. The van der Waals surface area contributed by atoms with E-state index in [4.69, 9.17) is 10.7 Å². The van der Waals surface area contributed by atoms with Crippen molar-refractivity contribution in [2.75, 3.05) is 0 Å². The van der Waals surface area contributed by atoms with Crippen LogP contribution in [0.5, 0.6) is 0 Å². The first-order valence-corrected chi connectivity index (χ1v) is 11.1. The van der Waals surface area contributed by atoms with Crippen molar-refractivity contribution in [1.29, 1.82) is 0 Å². The first-order chi connectivity index (χ1) is 12.4. The minimum atomic E-state index is -5.04. The summed E-state index contributed by atoms with van der Waals surface area (Å²) in [6.45, 7) is 0. The first kappa shape index (κ1) is 20.5. The number of halogens is 5. The van der Waals surface area contributed by atoms with E-state index in [0.717, 1.165) is 11.3 Å². The molecule has 1 heterocycles. The second kappa shape index (κ2) is 7.00. The van der Waals surface area contributed by atoms with Crippen LogP contribution in [0.25, 0.3) is 0 Å². The summed E-state index contributed by atoms with van der Waals surface area (Å²) >= 11 is 1.05. The summed E-state index contributed by atoms with van der Waals surface area (Å²) in [5.74, 6) is -3.27. The normalized spacial score (nSPS) is 25.0. The minimum absolute atomic E-state index is 0.110. The molecular formula is C15H14ClF4NO4S2. The molecule has 2 aliphatic rings. The standard InChI is InChI=1S/C15H14ClF4NO4S2/c16-27(24,25)13-8-3-6(21-14(23)15(18,19)20)1-2-11(8)26-12(13)5-10(22)7-4-9(7)17/h6-7,9H,1-5H2,(H,21,23)/t6-,7-,9-/m0/s1. The van der Waals surface area contributed by atoms with Gasteiger partial charge < -0.3 is 5.32 Å². The number of thiophene rings is 1. The van der Waals surface area contributed by atoms with E-state index in [1.165, 1.54) is 0 Å². The fourth-order valence-corrected chi connectivity index (χ4v) is 6.51. The predicted octanol–water partition coefficient (Wildman–Crippen LogP) is 2.68. The highest BCUT2D eigenvalue weighted by Crippen LogP contribution is 2.41. The highest BCUT2D eigenvalue weighted by molar-refractivity contribution is 8.14. The Morgan fingerprint density at radius 1 is 1.30 bits per heavy atom. The Kier molecular flexibility index (Phi) is 5.32.